The number of carbonyl (C=O) groups is 1. The van der Waals surface area contributed by atoms with Crippen molar-refractivity contribution in [2.24, 2.45) is 5.92 Å². The number of aliphatic hydroxyl groups excluding tert-OH is 1. The summed E-state index contributed by atoms with van der Waals surface area (Å²) in [6.45, 7) is 4.68. The van der Waals surface area contributed by atoms with Gasteiger partial charge in [-0.25, -0.2) is 0 Å². The average molecular weight is 542 g/mol. The maximum atomic E-state index is 13.0. The van der Waals surface area contributed by atoms with Gasteiger partial charge in [-0.3, -0.25) is 9.78 Å². The fourth-order valence-corrected chi connectivity index (χ4v) is 4.51. The van der Waals surface area contributed by atoms with Crippen molar-refractivity contribution in [3.05, 3.63) is 29.1 Å². The number of amides is 1. The van der Waals surface area contributed by atoms with Crippen LogP contribution in [-0.2, 0) is 28.7 Å². The second kappa shape index (κ2) is 14.3. The van der Waals surface area contributed by atoms with Gasteiger partial charge in [0.2, 0.25) is 5.91 Å². The van der Waals surface area contributed by atoms with Crippen LogP contribution in [0.1, 0.15) is 69.2 Å². The summed E-state index contributed by atoms with van der Waals surface area (Å²) in [5.74, 6) is -0.138. The van der Waals surface area contributed by atoms with Gasteiger partial charge in [-0.05, 0) is 43.7 Å². The third-order valence-corrected chi connectivity index (χ3v) is 6.56. The highest BCUT2D eigenvalue weighted by Gasteiger charge is 2.33. The number of aromatic nitrogens is 1. The van der Waals surface area contributed by atoms with Crippen LogP contribution in [0.15, 0.2) is 12.3 Å². The number of alkyl halides is 6. The second-order valence-electron chi connectivity index (χ2n) is 9.63. The van der Waals surface area contributed by atoms with E-state index in [0.29, 0.717) is 36.3 Å². The van der Waals surface area contributed by atoms with Crippen LogP contribution in [0.3, 0.4) is 0 Å². The van der Waals surface area contributed by atoms with E-state index < -0.39 is 24.5 Å². The molecule has 0 spiro atoms. The lowest BCUT2D eigenvalue weighted by Crippen LogP contribution is -2.43. The number of halogens is 6. The number of hydrogen-bond acceptors (Lipinski definition) is 5. The van der Waals surface area contributed by atoms with E-state index in [1.165, 1.54) is 0 Å². The van der Waals surface area contributed by atoms with Crippen LogP contribution >= 0.6 is 0 Å². The van der Waals surface area contributed by atoms with Crippen molar-refractivity contribution >= 4 is 5.91 Å². The van der Waals surface area contributed by atoms with E-state index in [2.05, 4.69) is 17.2 Å². The van der Waals surface area contributed by atoms with E-state index >= 15 is 0 Å². The fourth-order valence-electron chi connectivity index (χ4n) is 4.51. The molecule has 37 heavy (non-hydrogen) atoms. The molecule has 3 heterocycles. The largest absolute Gasteiger partial charge is 0.417 e. The Morgan fingerprint density at radius 2 is 1.84 bits per heavy atom. The molecule has 12 heteroatoms. The predicted octanol–water partition coefficient (Wildman–Crippen LogP) is 4.88. The summed E-state index contributed by atoms with van der Waals surface area (Å²) in [5, 5.41) is 11.0. The lowest BCUT2D eigenvalue weighted by Gasteiger charge is -2.32. The first kappa shape index (κ1) is 31.3. The molecule has 2 aliphatic heterocycles. The van der Waals surface area contributed by atoms with Gasteiger partial charge < -0.3 is 20.1 Å². The number of carbonyl (C=O) groups excluding carboxylic acids is 1. The molecule has 0 aromatic carbocycles. The molecule has 3 rings (SSSR count). The van der Waals surface area contributed by atoms with E-state index in [9.17, 15) is 31.1 Å². The first-order chi connectivity index (χ1) is 17.3. The Morgan fingerprint density at radius 3 is 2.41 bits per heavy atom. The number of nitrogens with one attached hydrogen (secondary N) is 1. The first-order valence-corrected chi connectivity index (χ1v) is 12.7. The third-order valence-electron chi connectivity index (χ3n) is 6.56. The molecule has 1 unspecified atom stereocenters. The molecular weight excluding hydrogens is 504 g/mol. The van der Waals surface area contributed by atoms with Gasteiger partial charge >= 0.3 is 12.4 Å². The number of nitrogens with zero attached hydrogens (tertiary/aromatic N) is 2. The molecule has 0 radical (unpaired) electrons. The standard InChI is InChI=1S/C23H34F3N3O2.C2H3F3O/c1-3-4-19(28-20-8-11-31-12-9-20)6-5-16(2)22(30)29-10-7-21-17(15-29)13-18(14-27-21)23(24,25)26;3-2(4,5)1-6/h13-14,16,19-20,28H,3-12,15H2,1-2H3;6H,1H2/t16-,19?;/m1./s1. The van der Waals surface area contributed by atoms with Gasteiger partial charge in [0.15, 0.2) is 0 Å². The molecular formula is C25H37F6N3O3. The van der Waals surface area contributed by atoms with Crippen LogP contribution in [0.25, 0.3) is 0 Å². The molecule has 1 aromatic heterocycles. The van der Waals surface area contributed by atoms with Crippen molar-refractivity contribution in [2.75, 3.05) is 26.4 Å². The van der Waals surface area contributed by atoms with Crippen molar-refractivity contribution in [1.82, 2.24) is 15.2 Å². The predicted molar refractivity (Wildman–Crippen MR) is 126 cm³/mol. The van der Waals surface area contributed by atoms with Crippen LogP contribution < -0.4 is 5.32 Å². The summed E-state index contributed by atoms with van der Waals surface area (Å²) in [5.41, 5.74) is 0.412. The minimum atomic E-state index is -4.42. The van der Waals surface area contributed by atoms with Gasteiger partial charge in [0.05, 0.1) is 5.56 Å². The summed E-state index contributed by atoms with van der Waals surface area (Å²) in [4.78, 5) is 18.7. The molecule has 1 fully saturated rings. The number of fused-ring (bicyclic) bond motifs is 1. The molecule has 212 valence electrons. The minimum Gasteiger partial charge on any atom is -0.387 e. The zero-order valence-electron chi connectivity index (χ0n) is 21.3. The van der Waals surface area contributed by atoms with Gasteiger partial charge in [-0.2, -0.15) is 26.3 Å². The maximum Gasteiger partial charge on any atom is 0.417 e. The normalized spacial score (nSPS) is 18.5. The number of aliphatic hydroxyl groups is 1. The monoisotopic (exact) mass is 541 g/mol. The zero-order valence-corrected chi connectivity index (χ0v) is 21.3. The summed E-state index contributed by atoms with van der Waals surface area (Å²) >= 11 is 0. The number of pyridine rings is 1. The Morgan fingerprint density at radius 1 is 1.19 bits per heavy atom. The van der Waals surface area contributed by atoms with Crippen LogP contribution in [0.5, 0.6) is 0 Å². The van der Waals surface area contributed by atoms with Gasteiger partial charge in [-0.15, -0.1) is 0 Å². The van der Waals surface area contributed by atoms with Crippen molar-refractivity contribution in [1.29, 1.82) is 0 Å². The molecule has 0 bridgehead atoms. The Hall–Kier alpha value is -1.92. The van der Waals surface area contributed by atoms with Gasteiger partial charge in [0, 0.05) is 62.6 Å². The third kappa shape index (κ3) is 10.8. The maximum absolute atomic E-state index is 13.0. The van der Waals surface area contributed by atoms with Crippen molar-refractivity contribution < 1.29 is 41.0 Å². The van der Waals surface area contributed by atoms with Crippen molar-refractivity contribution in [3.63, 3.8) is 0 Å². The molecule has 0 aliphatic carbocycles. The van der Waals surface area contributed by atoms with Crippen LogP contribution in [0, 0.1) is 5.92 Å². The molecule has 1 aromatic rings. The van der Waals surface area contributed by atoms with Crippen molar-refractivity contribution in [2.45, 2.75) is 89.8 Å². The smallest absolute Gasteiger partial charge is 0.387 e. The van der Waals surface area contributed by atoms with E-state index in [-0.39, 0.29) is 18.4 Å². The van der Waals surface area contributed by atoms with Gasteiger partial charge in [-0.1, -0.05) is 20.3 Å². The van der Waals surface area contributed by atoms with Crippen LogP contribution in [-0.4, -0.2) is 65.5 Å². The number of rotatable bonds is 8. The Kier molecular flexibility index (Phi) is 12.1. The molecule has 2 aliphatic rings. The quantitative estimate of drug-likeness (QED) is 0.459. The molecule has 2 atom stereocenters. The van der Waals surface area contributed by atoms with Gasteiger partial charge in [0.25, 0.3) is 0 Å². The SMILES string of the molecule is CCCC(CC[C@@H](C)C(=O)N1CCc2ncc(C(F)(F)F)cc2C1)NC1CCOCC1.OCC(F)(F)F. The highest BCUT2D eigenvalue weighted by molar-refractivity contribution is 5.78. The average Bonchev–Trinajstić information content (AvgIpc) is 2.86. The topological polar surface area (TPSA) is 74.7 Å². The minimum absolute atomic E-state index is 0.0179. The zero-order chi connectivity index (χ0) is 27.6. The summed E-state index contributed by atoms with van der Waals surface area (Å²) < 4.78 is 76.1. The lowest BCUT2D eigenvalue weighted by atomic mass is 9.95. The molecule has 1 amide bonds. The fraction of sp³-hybridized carbons (Fsp3) is 0.760. The van der Waals surface area contributed by atoms with Crippen molar-refractivity contribution in [3.8, 4) is 0 Å². The van der Waals surface area contributed by atoms with E-state index in [4.69, 9.17) is 9.84 Å². The Labute approximate surface area is 213 Å². The summed E-state index contributed by atoms with van der Waals surface area (Å²) in [7, 11) is 0. The van der Waals surface area contributed by atoms with E-state index in [0.717, 1.165) is 64.0 Å². The van der Waals surface area contributed by atoms with Crippen LogP contribution in [0.2, 0.25) is 0 Å². The van der Waals surface area contributed by atoms with Crippen LogP contribution in [0.4, 0.5) is 26.3 Å². The molecule has 2 N–H and O–H groups in total. The van der Waals surface area contributed by atoms with Gasteiger partial charge in [0.1, 0.15) is 6.61 Å². The molecule has 6 nitrogen and oxygen atoms in total. The van der Waals surface area contributed by atoms with E-state index in [1.807, 2.05) is 6.92 Å². The highest BCUT2D eigenvalue weighted by Crippen LogP contribution is 2.31. The Bertz CT molecular complexity index is 844. The lowest BCUT2D eigenvalue weighted by molar-refractivity contribution is -0.159. The summed E-state index contributed by atoms with van der Waals surface area (Å²) in [6, 6.07) is 2.00. The van der Waals surface area contributed by atoms with E-state index in [1.54, 1.807) is 4.90 Å². The highest BCUT2D eigenvalue weighted by atomic mass is 19.4. The molecule has 0 saturated carbocycles. The number of hydrogen-bond donors (Lipinski definition) is 2. The summed E-state index contributed by atoms with van der Waals surface area (Å²) in [6.07, 6.45) is -1.55. The number of ether oxygens (including phenoxy) is 1. The Balaban J connectivity index is 0.000000717. The second-order valence-corrected chi connectivity index (χ2v) is 9.63. The molecule has 1 saturated heterocycles. The first-order valence-electron chi connectivity index (χ1n) is 12.7.